The predicted octanol–water partition coefficient (Wildman–Crippen LogP) is 1.15. The third-order valence-electron chi connectivity index (χ3n) is 1.96. The first-order valence-corrected chi connectivity index (χ1v) is 5.98. The second-order valence-corrected chi connectivity index (χ2v) is 4.34. The summed E-state index contributed by atoms with van der Waals surface area (Å²) < 4.78 is 0. The quantitative estimate of drug-likeness (QED) is 0.766. The summed E-state index contributed by atoms with van der Waals surface area (Å²) in [6, 6.07) is 0.228. The van der Waals surface area contributed by atoms with Crippen molar-refractivity contribution >= 4 is 17.2 Å². The van der Waals surface area contributed by atoms with Gasteiger partial charge < -0.3 is 10.6 Å². The summed E-state index contributed by atoms with van der Waals surface area (Å²) in [5, 5.41) is 8.89. The highest BCUT2D eigenvalue weighted by Crippen LogP contribution is 2.02. The lowest BCUT2D eigenvalue weighted by molar-refractivity contribution is -0.121. The van der Waals surface area contributed by atoms with Gasteiger partial charge >= 0.3 is 0 Å². The summed E-state index contributed by atoms with van der Waals surface area (Å²) >= 11 is 1.55. The van der Waals surface area contributed by atoms with Crippen molar-refractivity contribution in [2.24, 2.45) is 0 Å². The van der Waals surface area contributed by atoms with Crippen LogP contribution in [0.25, 0.3) is 0 Å². The summed E-state index contributed by atoms with van der Waals surface area (Å²) in [7, 11) is 0. The third-order valence-corrected chi connectivity index (χ3v) is 2.74. The van der Waals surface area contributed by atoms with E-state index >= 15 is 0 Å². The average molecular weight is 227 g/mol. The van der Waals surface area contributed by atoms with Gasteiger partial charge in [-0.3, -0.25) is 4.79 Å². The normalized spacial score (nSPS) is 12.4. The molecule has 1 aromatic rings. The van der Waals surface area contributed by atoms with E-state index in [4.69, 9.17) is 0 Å². The Kier molecular flexibility index (Phi) is 5.28. The molecule has 0 aliphatic heterocycles. The number of nitrogens with one attached hydrogen (secondary N) is 2. The zero-order chi connectivity index (χ0) is 11.1. The molecule has 2 N–H and O–H groups in total. The smallest absolute Gasteiger partial charge is 0.221 e. The second kappa shape index (κ2) is 6.53. The first-order chi connectivity index (χ1) is 7.22. The van der Waals surface area contributed by atoms with E-state index in [-0.39, 0.29) is 11.9 Å². The molecule has 4 nitrogen and oxygen atoms in total. The minimum atomic E-state index is 0.0682. The number of aromatic nitrogens is 1. The molecular weight excluding hydrogens is 210 g/mol. The molecule has 0 fully saturated rings. The molecule has 1 aromatic heterocycles. The highest BCUT2D eigenvalue weighted by atomic mass is 32.1. The standard InChI is InChI=1S/C10H17N3OS/c1-3-11-8(2)6-9(14)13-7-10-12-4-5-15-10/h4-5,8,11H,3,6-7H2,1-2H3,(H,13,14). The summed E-state index contributed by atoms with van der Waals surface area (Å²) in [6.45, 7) is 5.46. The van der Waals surface area contributed by atoms with Crippen LogP contribution in [0.1, 0.15) is 25.3 Å². The molecule has 0 radical (unpaired) electrons. The van der Waals surface area contributed by atoms with Crippen LogP contribution in [0.3, 0.4) is 0 Å². The van der Waals surface area contributed by atoms with E-state index < -0.39 is 0 Å². The van der Waals surface area contributed by atoms with E-state index in [1.54, 1.807) is 17.5 Å². The average Bonchev–Trinajstić information content (AvgIpc) is 2.67. The van der Waals surface area contributed by atoms with Gasteiger partial charge in [-0.25, -0.2) is 4.98 Å². The zero-order valence-electron chi connectivity index (χ0n) is 9.12. The lowest BCUT2D eigenvalue weighted by atomic mass is 10.2. The molecular formula is C10H17N3OS. The molecule has 1 heterocycles. The Morgan fingerprint density at radius 3 is 3.07 bits per heavy atom. The number of carbonyl (C=O) groups is 1. The lowest BCUT2D eigenvalue weighted by Gasteiger charge is -2.11. The number of hydrogen-bond acceptors (Lipinski definition) is 4. The van der Waals surface area contributed by atoms with Crippen molar-refractivity contribution in [3.63, 3.8) is 0 Å². The van der Waals surface area contributed by atoms with Crippen molar-refractivity contribution in [3.8, 4) is 0 Å². The Hall–Kier alpha value is -0.940. The molecule has 0 saturated carbocycles. The Morgan fingerprint density at radius 1 is 1.67 bits per heavy atom. The van der Waals surface area contributed by atoms with Crippen LogP contribution in [0.5, 0.6) is 0 Å². The van der Waals surface area contributed by atoms with Crippen LogP contribution in [0.2, 0.25) is 0 Å². The molecule has 0 saturated heterocycles. The number of hydrogen-bond donors (Lipinski definition) is 2. The highest BCUT2D eigenvalue weighted by Gasteiger charge is 2.07. The predicted molar refractivity (Wildman–Crippen MR) is 61.7 cm³/mol. The summed E-state index contributed by atoms with van der Waals surface area (Å²) in [6.07, 6.45) is 2.26. The SMILES string of the molecule is CCNC(C)CC(=O)NCc1nccs1. The number of carbonyl (C=O) groups excluding carboxylic acids is 1. The van der Waals surface area contributed by atoms with Crippen LogP contribution in [-0.4, -0.2) is 23.5 Å². The fourth-order valence-corrected chi connectivity index (χ4v) is 1.84. The van der Waals surface area contributed by atoms with Crippen molar-refractivity contribution in [3.05, 3.63) is 16.6 Å². The molecule has 1 unspecified atom stereocenters. The number of rotatable bonds is 6. The number of thiazole rings is 1. The van der Waals surface area contributed by atoms with Gasteiger partial charge in [0.25, 0.3) is 0 Å². The lowest BCUT2D eigenvalue weighted by Crippen LogP contribution is -2.33. The van der Waals surface area contributed by atoms with Crippen molar-refractivity contribution in [1.29, 1.82) is 0 Å². The monoisotopic (exact) mass is 227 g/mol. The molecule has 84 valence electrons. The molecule has 5 heteroatoms. The van der Waals surface area contributed by atoms with Crippen LogP contribution in [0, 0.1) is 0 Å². The minimum absolute atomic E-state index is 0.0682. The first-order valence-electron chi connectivity index (χ1n) is 5.10. The molecule has 0 aromatic carbocycles. The molecule has 1 amide bonds. The Bertz CT molecular complexity index is 287. The van der Waals surface area contributed by atoms with Gasteiger partial charge in [-0.15, -0.1) is 11.3 Å². The van der Waals surface area contributed by atoms with Crippen molar-refractivity contribution in [1.82, 2.24) is 15.6 Å². The van der Waals surface area contributed by atoms with E-state index in [0.717, 1.165) is 11.6 Å². The fourth-order valence-electron chi connectivity index (χ4n) is 1.29. The molecule has 0 spiro atoms. The van der Waals surface area contributed by atoms with E-state index in [1.165, 1.54) is 0 Å². The van der Waals surface area contributed by atoms with Gasteiger partial charge in [0, 0.05) is 24.0 Å². The summed E-state index contributed by atoms with van der Waals surface area (Å²) in [5.74, 6) is 0.0682. The van der Waals surface area contributed by atoms with Gasteiger partial charge in [0.2, 0.25) is 5.91 Å². The number of nitrogens with zero attached hydrogens (tertiary/aromatic N) is 1. The molecule has 1 atom stereocenters. The van der Waals surface area contributed by atoms with Crippen LogP contribution in [0.4, 0.5) is 0 Å². The van der Waals surface area contributed by atoms with Crippen LogP contribution in [-0.2, 0) is 11.3 Å². The van der Waals surface area contributed by atoms with E-state index in [0.29, 0.717) is 13.0 Å². The van der Waals surface area contributed by atoms with Crippen LogP contribution < -0.4 is 10.6 Å². The van der Waals surface area contributed by atoms with Gasteiger partial charge in [0.05, 0.1) is 6.54 Å². The topological polar surface area (TPSA) is 54.0 Å². The van der Waals surface area contributed by atoms with Gasteiger partial charge in [0.1, 0.15) is 5.01 Å². The molecule has 0 aliphatic carbocycles. The maximum absolute atomic E-state index is 11.4. The third kappa shape index (κ3) is 4.90. The van der Waals surface area contributed by atoms with Gasteiger partial charge in [-0.1, -0.05) is 6.92 Å². The summed E-state index contributed by atoms with van der Waals surface area (Å²) in [5.41, 5.74) is 0. The van der Waals surface area contributed by atoms with Crippen LogP contribution >= 0.6 is 11.3 Å². The van der Waals surface area contributed by atoms with Gasteiger partial charge in [-0.05, 0) is 13.5 Å². The van der Waals surface area contributed by atoms with E-state index in [2.05, 4.69) is 15.6 Å². The van der Waals surface area contributed by atoms with Gasteiger partial charge in [-0.2, -0.15) is 0 Å². The van der Waals surface area contributed by atoms with Crippen molar-refractivity contribution in [2.75, 3.05) is 6.54 Å². The number of amides is 1. The maximum atomic E-state index is 11.4. The highest BCUT2D eigenvalue weighted by molar-refractivity contribution is 7.09. The van der Waals surface area contributed by atoms with Crippen LogP contribution in [0.15, 0.2) is 11.6 Å². The minimum Gasteiger partial charge on any atom is -0.350 e. The largest absolute Gasteiger partial charge is 0.350 e. The Morgan fingerprint density at radius 2 is 2.47 bits per heavy atom. The maximum Gasteiger partial charge on any atom is 0.221 e. The molecule has 15 heavy (non-hydrogen) atoms. The fraction of sp³-hybridized carbons (Fsp3) is 0.600. The van der Waals surface area contributed by atoms with E-state index in [9.17, 15) is 4.79 Å². The molecule has 0 aliphatic rings. The first kappa shape index (κ1) is 12.1. The molecule has 0 bridgehead atoms. The Balaban J connectivity index is 2.19. The summed E-state index contributed by atoms with van der Waals surface area (Å²) in [4.78, 5) is 15.5. The molecule has 1 rings (SSSR count). The van der Waals surface area contributed by atoms with Crippen molar-refractivity contribution in [2.45, 2.75) is 32.9 Å². The second-order valence-electron chi connectivity index (χ2n) is 3.37. The van der Waals surface area contributed by atoms with Gasteiger partial charge in [0.15, 0.2) is 0 Å². The van der Waals surface area contributed by atoms with E-state index in [1.807, 2.05) is 19.2 Å². The Labute approximate surface area is 94.1 Å². The van der Waals surface area contributed by atoms with Crippen molar-refractivity contribution < 1.29 is 4.79 Å². The zero-order valence-corrected chi connectivity index (χ0v) is 9.93.